The van der Waals surface area contributed by atoms with E-state index in [1.165, 1.54) is 12.1 Å². The molecule has 0 atom stereocenters. The van der Waals surface area contributed by atoms with Gasteiger partial charge >= 0.3 is 0 Å². The summed E-state index contributed by atoms with van der Waals surface area (Å²) < 4.78 is 13.4. The number of rotatable bonds is 1. The molecule has 0 aliphatic heterocycles. The maximum absolute atomic E-state index is 13.4. The van der Waals surface area contributed by atoms with Crippen LogP contribution in [0.2, 0.25) is 0 Å². The van der Waals surface area contributed by atoms with Crippen LogP contribution in [0.4, 0.5) is 4.39 Å². The van der Waals surface area contributed by atoms with Gasteiger partial charge in [-0.3, -0.25) is 4.79 Å². The number of ketones is 1. The maximum Gasteiger partial charge on any atom is 0.166 e. The summed E-state index contributed by atoms with van der Waals surface area (Å²) in [5.41, 5.74) is 2.87. The Labute approximate surface area is 123 Å². The zero-order valence-corrected chi connectivity index (χ0v) is 12.4. The molecule has 0 bridgehead atoms. The minimum Gasteiger partial charge on any atom is -0.294 e. The van der Waals surface area contributed by atoms with Gasteiger partial charge in [0.2, 0.25) is 0 Å². The first-order valence-electron chi connectivity index (χ1n) is 7.01. The van der Waals surface area contributed by atoms with Crippen LogP contribution in [0.25, 0.3) is 11.4 Å². The number of halogens is 1. The zero-order chi connectivity index (χ0) is 15.2. The van der Waals surface area contributed by atoms with Gasteiger partial charge < -0.3 is 0 Å². The van der Waals surface area contributed by atoms with E-state index >= 15 is 0 Å². The van der Waals surface area contributed by atoms with E-state index in [0.29, 0.717) is 23.4 Å². The lowest BCUT2D eigenvalue weighted by Gasteiger charge is -2.29. The molecule has 0 N–H and O–H groups in total. The lowest BCUT2D eigenvalue weighted by atomic mass is 9.76. The van der Waals surface area contributed by atoms with Crippen molar-refractivity contribution >= 4 is 5.78 Å². The van der Waals surface area contributed by atoms with Crippen molar-refractivity contribution < 1.29 is 9.18 Å². The largest absolute Gasteiger partial charge is 0.294 e. The lowest BCUT2D eigenvalue weighted by molar-refractivity contribution is 0.0910. The second kappa shape index (κ2) is 4.72. The Hall–Kier alpha value is -2.10. The van der Waals surface area contributed by atoms with Crippen LogP contribution in [0.1, 0.15) is 41.9 Å². The second-order valence-corrected chi connectivity index (χ2v) is 6.45. The van der Waals surface area contributed by atoms with Gasteiger partial charge in [-0.05, 0) is 36.5 Å². The molecule has 0 unspecified atom stereocenters. The molecule has 1 aromatic carbocycles. The quantitative estimate of drug-likeness (QED) is 0.801. The van der Waals surface area contributed by atoms with E-state index in [-0.39, 0.29) is 17.0 Å². The number of benzene rings is 1. The standard InChI is InChI=1S/C17H17FN2O/c1-10-4-5-11(18)6-12(10)16-19-9-13-14(20-16)7-17(2,3)8-15(13)21/h4-6,9H,7-8H2,1-3H3. The topological polar surface area (TPSA) is 42.9 Å². The van der Waals surface area contributed by atoms with Crippen LogP contribution in [-0.2, 0) is 6.42 Å². The maximum atomic E-state index is 13.4. The molecule has 3 rings (SSSR count). The van der Waals surface area contributed by atoms with Crippen LogP contribution in [0.5, 0.6) is 0 Å². The van der Waals surface area contributed by atoms with E-state index in [0.717, 1.165) is 17.7 Å². The Morgan fingerprint density at radius 3 is 2.71 bits per heavy atom. The average Bonchev–Trinajstić information content (AvgIpc) is 2.39. The fourth-order valence-corrected chi connectivity index (χ4v) is 2.80. The molecule has 0 spiro atoms. The van der Waals surface area contributed by atoms with E-state index in [2.05, 4.69) is 23.8 Å². The third-order valence-corrected chi connectivity index (χ3v) is 3.89. The molecule has 1 aliphatic rings. The average molecular weight is 284 g/mol. The van der Waals surface area contributed by atoms with Crippen LogP contribution in [0.15, 0.2) is 24.4 Å². The third kappa shape index (κ3) is 2.58. The van der Waals surface area contributed by atoms with E-state index in [4.69, 9.17) is 0 Å². The number of hydrogen-bond acceptors (Lipinski definition) is 3. The van der Waals surface area contributed by atoms with E-state index in [9.17, 15) is 9.18 Å². The van der Waals surface area contributed by atoms with Crippen LogP contribution >= 0.6 is 0 Å². The molecule has 2 aromatic rings. The van der Waals surface area contributed by atoms with Crippen molar-refractivity contribution in [2.75, 3.05) is 0 Å². The molecule has 0 saturated heterocycles. The Balaban J connectivity index is 2.11. The number of aromatic nitrogens is 2. The van der Waals surface area contributed by atoms with Crippen LogP contribution in [0.3, 0.4) is 0 Å². The summed E-state index contributed by atoms with van der Waals surface area (Å²) in [5.74, 6) is 0.258. The van der Waals surface area contributed by atoms with Gasteiger partial charge in [0.15, 0.2) is 11.6 Å². The van der Waals surface area contributed by atoms with Gasteiger partial charge in [0.25, 0.3) is 0 Å². The highest BCUT2D eigenvalue weighted by Crippen LogP contribution is 2.34. The summed E-state index contributed by atoms with van der Waals surface area (Å²) in [6.45, 7) is 6.01. The molecule has 0 radical (unpaired) electrons. The number of carbonyl (C=O) groups is 1. The summed E-state index contributed by atoms with van der Waals surface area (Å²) in [6, 6.07) is 4.57. The normalized spacial score (nSPS) is 16.7. The van der Waals surface area contributed by atoms with Gasteiger partial charge in [-0.2, -0.15) is 0 Å². The molecule has 3 nitrogen and oxygen atoms in total. The summed E-state index contributed by atoms with van der Waals surface area (Å²) >= 11 is 0. The summed E-state index contributed by atoms with van der Waals surface area (Å²) in [6.07, 6.45) is 2.83. The summed E-state index contributed by atoms with van der Waals surface area (Å²) in [4.78, 5) is 20.9. The summed E-state index contributed by atoms with van der Waals surface area (Å²) in [7, 11) is 0. The third-order valence-electron chi connectivity index (χ3n) is 3.89. The Bertz CT molecular complexity index is 738. The molecule has 21 heavy (non-hydrogen) atoms. The number of carbonyl (C=O) groups excluding carboxylic acids is 1. The number of Topliss-reactive ketones (excluding diaryl/α,β-unsaturated/α-hetero) is 1. The van der Waals surface area contributed by atoms with Crippen molar-refractivity contribution in [3.8, 4) is 11.4 Å². The number of aryl methyl sites for hydroxylation is 1. The SMILES string of the molecule is Cc1ccc(F)cc1-c1ncc2c(n1)CC(C)(C)CC2=O. The molecular weight excluding hydrogens is 267 g/mol. The van der Waals surface area contributed by atoms with Gasteiger partial charge in [-0.25, -0.2) is 14.4 Å². The van der Waals surface area contributed by atoms with E-state index in [1.807, 2.05) is 6.92 Å². The van der Waals surface area contributed by atoms with Gasteiger partial charge in [0.1, 0.15) is 5.82 Å². The van der Waals surface area contributed by atoms with Crippen molar-refractivity contribution in [3.05, 3.63) is 47.0 Å². The first kappa shape index (κ1) is 13.9. The van der Waals surface area contributed by atoms with Crippen LogP contribution in [0, 0.1) is 18.2 Å². The first-order chi connectivity index (χ1) is 9.85. The number of nitrogens with zero attached hydrogens (tertiary/aromatic N) is 2. The van der Waals surface area contributed by atoms with Crippen LogP contribution < -0.4 is 0 Å². The monoisotopic (exact) mass is 284 g/mol. The Kier molecular flexibility index (Phi) is 3.12. The number of fused-ring (bicyclic) bond motifs is 1. The first-order valence-corrected chi connectivity index (χ1v) is 7.01. The molecule has 108 valence electrons. The number of hydrogen-bond donors (Lipinski definition) is 0. The van der Waals surface area contributed by atoms with E-state index in [1.54, 1.807) is 12.3 Å². The highest BCUT2D eigenvalue weighted by molar-refractivity contribution is 5.98. The van der Waals surface area contributed by atoms with E-state index < -0.39 is 0 Å². The highest BCUT2D eigenvalue weighted by atomic mass is 19.1. The van der Waals surface area contributed by atoms with Gasteiger partial charge in [0, 0.05) is 18.2 Å². The molecule has 0 amide bonds. The fourth-order valence-electron chi connectivity index (χ4n) is 2.80. The second-order valence-electron chi connectivity index (χ2n) is 6.45. The molecular formula is C17H17FN2O. The van der Waals surface area contributed by atoms with Crippen molar-refractivity contribution in [2.24, 2.45) is 5.41 Å². The molecule has 0 saturated carbocycles. The molecule has 4 heteroatoms. The molecule has 0 fully saturated rings. The molecule has 1 aromatic heterocycles. The van der Waals surface area contributed by atoms with Gasteiger partial charge in [0.05, 0.1) is 11.3 Å². The Morgan fingerprint density at radius 2 is 1.95 bits per heavy atom. The molecule has 1 aliphatic carbocycles. The fraction of sp³-hybridized carbons (Fsp3) is 0.353. The van der Waals surface area contributed by atoms with Crippen molar-refractivity contribution in [1.29, 1.82) is 0 Å². The predicted octanol–water partition coefficient (Wildman–Crippen LogP) is 3.75. The smallest absolute Gasteiger partial charge is 0.166 e. The van der Waals surface area contributed by atoms with Gasteiger partial charge in [-0.1, -0.05) is 19.9 Å². The predicted molar refractivity (Wildman–Crippen MR) is 78.6 cm³/mol. The lowest BCUT2D eigenvalue weighted by Crippen LogP contribution is -2.28. The van der Waals surface area contributed by atoms with Crippen molar-refractivity contribution in [3.63, 3.8) is 0 Å². The van der Waals surface area contributed by atoms with Gasteiger partial charge in [-0.15, -0.1) is 0 Å². The van der Waals surface area contributed by atoms with Crippen LogP contribution in [-0.4, -0.2) is 15.8 Å². The Morgan fingerprint density at radius 1 is 1.19 bits per heavy atom. The zero-order valence-electron chi connectivity index (χ0n) is 12.4. The minimum absolute atomic E-state index is 0.0868. The van der Waals surface area contributed by atoms with Crippen molar-refractivity contribution in [1.82, 2.24) is 9.97 Å². The summed E-state index contributed by atoms with van der Waals surface area (Å²) in [5, 5.41) is 0. The highest BCUT2D eigenvalue weighted by Gasteiger charge is 2.32. The van der Waals surface area contributed by atoms with Crippen molar-refractivity contribution in [2.45, 2.75) is 33.6 Å². The molecule has 1 heterocycles. The minimum atomic E-state index is -0.312.